The lowest BCUT2D eigenvalue weighted by molar-refractivity contribution is -0.121. The third-order valence-electron chi connectivity index (χ3n) is 5.19. The Morgan fingerprint density at radius 3 is 2.53 bits per heavy atom. The number of methoxy groups -OCH3 is 2. The van der Waals surface area contributed by atoms with E-state index in [-0.39, 0.29) is 11.8 Å². The first-order valence-corrected chi connectivity index (χ1v) is 10.8. The van der Waals surface area contributed by atoms with E-state index < -0.39 is 0 Å². The van der Waals surface area contributed by atoms with Crippen LogP contribution in [0.1, 0.15) is 29.0 Å². The molecule has 6 heteroatoms. The van der Waals surface area contributed by atoms with Crippen LogP contribution in [0.15, 0.2) is 70.5 Å². The van der Waals surface area contributed by atoms with Crippen molar-refractivity contribution in [2.45, 2.75) is 28.7 Å². The van der Waals surface area contributed by atoms with Crippen LogP contribution in [0.5, 0.6) is 11.5 Å². The van der Waals surface area contributed by atoms with Crippen molar-refractivity contribution in [1.82, 2.24) is 5.32 Å². The number of hydrogen-bond donors (Lipinski definition) is 1. The van der Waals surface area contributed by atoms with Gasteiger partial charge in [-0.25, -0.2) is 0 Å². The molecular formula is C24H22ClNO3S. The van der Waals surface area contributed by atoms with Gasteiger partial charge in [-0.1, -0.05) is 47.6 Å². The van der Waals surface area contributed by atoms with E-state index in [1.807, 2.05) is 48.5 Å². The van der Waals surface area contributed by atoms with Gasteiger partial charge < -0.3 is 14.8 Å². The number of hydrogen-bond acceptors (Lipinski definition) is 4. The van der Waals surface area contributed by atoms with Crippen molar-refractivity contribution in [3.05, 3.63) is 82.4 Å². The summed E-state index contributed by atoms with van der Waals surface area (Å²) in [4.78, 5) is 15.2. The average Bonchev–Trinajstić information content (AvgIpc) is 2.77. The Kier molecular flexibility index (Phi) is 6.21. The number of fused-ring (bicyclic) bond motifs is 2. The molecule has 0 fully saturated rings. The van der Waals surface area contributed by atoms with Gasteiger partial charge in [0.25, 0.3) is 0 Å². The van der Waals surface area contributed by atoms with E-state index in [9.17, 15) is 4.79 Å². The van der Waals surface area contributed by atoms with E-state index in [0.717, 1.165) is 16.0 Å². The number of amides is 1. The van der Waals surface area contributed by atoms with Crippen molar-refractivity contribution in [2.24, 2.45) is 0 Å². The van der Waals surface area contributed by atoms with Crippen LogP contribution in [0.3, 0.4) is 0 Å². The summed E-state index contributed by atoms with van der Waals surface area (Å²) in [6.45, 7) is 0.421. The number of nitrogens with one attached hydrogen (secondary N) is 1. The van der Waals surface area contributed by atoms with Gasteiger partial charge >= 0.3 is 0 Å². The molecule has 0 bridgehead atoms. The molecule has 1 atom stereocenters. The van der Waals surface area contributed by atoms with Gasteiger partial charge in [-0.15, -0.1) is 0 Å². The molecule has 3 aromatic rings. The number of halogens is 1. The maximum Gasteiger partial charge on any atom is 0.221 e. The minimum atomic E-state index is -0.0263. The van der Waals surface area contributed by atoms with Crippen LogP contribution in [-0.2, 0) is 11.3 Å². The minimum absolute atomic E-state index is 0.0117. The summed E-state index contributed by atoms with van der Waals surface area (Å²) in [6.07, 6.45) is 0.359. The fourth-order valence-electron chi connectivity index (χ4n) is 3.70. The van der Waals surface area contributed by atoms with Crippen LogP contribution >= 0.6 is 23.4 Å². The zero-order valence-corrected chi connectivity index (χ0v) is 18.3. The van der Waals surface area contributed by atoms with E-state index >= 15 is 0 Å². The summed E-state index contributed by atoms with van der Waals surface area (Å²) in [5, 5.41) is 3.72. The monoisotopic (exact) mass is 439 g/mol. The minimum Gasteiger partial charge on any atom is -0.493 e. The maximum absolute atomic E-state index is 12.9. The molecule has 0 radical (unpaired) electrons. The number of ether oxygens (including phenoxy) is 2. The summed E-state index contributed by atoms with van der Waals surface area (Å²) in [5.41, 5.74) is 3.22. The predicted molar refractivity (Wildman–Crippen MR) is 120 cm³/mol. The number of carbonyl (C=O) groups excluding carboxylic acids is 1. The van der Waals surface area contributed by atoms with Crippen LogP contribution in [0.4, 0.5) is 0 Å². The van der Waals surface area contributed by atoms with Crippen molar-refractivity contribution in [3.8, 4) is 11.5 Å². The van der Waals surface area contributed by atoms with Crippen LogP contribution < -0.4 is 14.8 Å². The molecule has 0 saturated carbocycles. The molecule has 1 N–H and O–H groups in total. The van der Waals surface area contributed by atoms with Gasteiger partial charge in [-0.2, -0.15) is 0 Å². The first-order valence-electron chi connectivity index (χ1n) is 9.63. The van der Waals surface area contributed by atoms with Gasteiger partial charge in [0.1, 0.15) is 0 Å². The van der Waals surface area contributed by atoms with E-state index in [1.54, 1.807) is 26.0 Å². The quantitative estimate of drug-likeness (QED) is 0.538. The van der Waals surface area contributed by atoms with Crippen molar-refractivity contribution in [2.75, 3.05) is 14.2 Å². The third-order valence-corrected chi connectivity index (χ3v) is 6.61. The summed E-state index contributed by atoms with van der Waals surface area (Å²) >= 11 is 7.99. The SMILES string of the molecule is COc1ccc(CNC(=O)CC2c3ccccc3Sc3ccc(Cl)cc32)cc1OC. The van der Waals surface area contributed by atoms with Crippen molar-refractivity contribution < 1.29 is 14.3 Å². The highest BCUT2D eigenvalue weighted by molar-refractivity contribution is 7.99. The molecule has 1 aliphatic rings. The molecule has 1 heterocycles. The van der Waals surface area contributed by atoms with Crippen molar-refractivity contribution >= 4 is 29.3 Å². The molecule has 0 aliphatic carbocycles. The summed E-state index contributed by atoms with van der Waals surface area (Å²) in [5.74, 6) is 1.27. The maximum atomic E-state index is 12.9. The van der Waals surface area contributed by atoms with Crippen LogP contribution in [0.25, 0.3) is 0 Å². The fraction of sp³-hybridized carbons (Fsp3) is 0.208. The van der Waals surface area contributed by atoms with Gasteiger partial charge in [-0.05, 0) is 53.1 Å². The Balaban J connectivity index is 1.52. The normalized spacial score (nSPS) is 14.4. The molecular weight excluding hydrogens is 418 g/mol. The second kappa shape index (κ2) is 9.02. The average molecular weight is 440 g/mol. The number of carbonyl (C=O) groups is 1. The summed E-state index contributed by atoms with van der Waals surface area (Å²) < 4.78 is 10.6. The molecule has 1 unspecified atom stereocenters. The van der Waals surface area contributed by atoms with Crippen LogP contribution in [-0.4, -0.2) is 20.1 Å². The highest BCUT2D eigenvalue weighted by Gasteiger charge is 2.28. The highest BCUT2D eigenvalue weighted by atomic mass is 35.5. The van der Waals surface area contributed by atoms with Crippen LogP contribution in [0.2, 0.25) is 5.02 Å². The second-order valence-corrected chi connectivity index (χ2v) is 8.57. The zero-order valence-electron chi connectivity index (χ0n) is 16.8. The van der Waals surface area contributed by atoms with Gasteiger partial charge in [0.15, 0.2) is 11.5 Å². The highest BCUT2D eigenvalue weighted by Crippen LogP contribution is 2.47. The van der Waals surface area contributed by atoms with Crippen molar-refractivity contribution in [1.29, 1.82) is 0 Å². The molecule has 4 rings (SSSR count). The van der Waals surface area contributed by atoms with E-state index in [0.29, 0.717) is 29.5 Å². The molecule has 1 amide bonds. The van der Waals surface area contributed by atoms with Gasteiger partial charge in [0.2, 0.25) is 5.91 Å². The Hall–Kier alpha value is -2.63. The Morgan fingerprint density at radius 2 is 1.73 bits per heavy atom. The molecule has 1 aliphatic heterocycles. The molecule has 30 heavy (non-hydrogen) atoms. The molecule has 3 aromatic carbocycles. The van der Waals surface area contributed by atoms with Gasteiger partial charge in [0, 0.05) is 33.7 Å². The standard InChI is InChI=1S/C24H22ClNO3S/c1-28-20-9-7-15(11-21(20)29-2)14-26-24(27)13-18-17-5-3-4-6-22(17)30-23-10-8-16(25)12-19(18)23/h3-12,18H,13-14H2,1-2H3,(H,26,27). The summed E-state index contributed by atoms with van der Waals surface area (Å²) in [6, 6.07) is 19.8. The smallest absolute Gasteiger partial charge is 0.221 e. The van der Waals surface area contributed by atoms with Gasteiger partial charge in [-0.3, -0.25) is 4.79 Å². The summed E-state index contributed by atoms with van der Waals surface area (Å²) in [7, 11) is 3.20. The molecule has 0 spiro atoms. The first kappa shape index (κ1) is 20.6. The number of benzene rings is 3. The van der Waals surface area contributed by atoms with Gasteiger partial charge in [0.05, 0.1) is 14.2 Å². The topological polar surface area (TPSA) is 47.6 Å². The lowest BCUT2D eigenvalue weighted by atomic mass is 9.87. The third kappa shape index (κ3) is 4.27. The van der Waals surface area contributed by atoms with E-state index in [1.165, 1.54) is 10.5 Å². The Labute approximate surface area is 185 Å². The first-order chi connectivity index (χ1) is 14.6. The lowest BCUT2D eigenvalue weighted by Crippen LogP contribution is -2.25. The second-order valence-electron chi connectivity index (χ2n) is 7.04. The Morgan fingerprint density at radius 1 is 0.967 bits per heavy atom. The van der Waals surface area contributed by atoms with Crippen LogP contribution in [0, 0.1) is 0 Å². The van der Waals surface area contributed by atoms with E-state index in [2.05, 4.69) is 17.4 Å². The number of rotatable bonds is 6. The van der Waals surface area contributed by atoms with Crippen molar-refractivity contribution in [3.63, 3.8) is 0 Å². The lowest BCUT2D eigenvalue weighted by Gasteiger charge is -2.27. The predicted octanol–water partition coefficient (Wildman–Crippen LogP) is 5.66. The Bertz CT molecular complexity index is 1090. The fourth-order valence-corrected chi connectivity index (χ4v) is 5.05. The zero-order chi connectivity index (χ0) is 21.1. The van der Waals surface area contributed by atoms with E-state index in [4.69, 9.17) is 21.1 Å². The molecule has 0 saturated heterocycles. The molecule has 4 nitrogen and oxygen atoms in total. The molecule has 154 valence electrons. The molecule has 0 aromatic heterocycles. The largest absolute Gasteiger partial charge is 0.493 e.